The van der Waals surface area contributed by atoms with Crippen LogP contribution in [0.4, 0.5) is 0 Å². The van der Waals surface area contributed by atoms with Crippen LogP contribution in [-0.4, -0.2) is 18.6 Å². The van der Waals surface area contributed by atoms with Gasteiger partial charge in [-0.1, -0.05) is 19.1 Å². The summed E-state index contributed by atoms with van der Waals surface area (Å²) in [7, 11) is 2.05. The van der Waals surface area contributed by atoms with Gasteiger partial charge in [0.1, 0.15) is 0 Å². The van der Waals surface area contributed by atoms with Gasteiger partial charge >= 0.3 is 0 Å². The van der Waals surface area contributed by atoms with Crippen LogP contribution in [0.1, 0.15) is 19.8 Å². The molecule has 0 heterocycles. The molecule has 1 N–H and O–H groups in total. The molecule has 0 aromatic carbocycles. The van der Waals surface area contributed by atoms with Crippen molar-refractivity contribution in [2.45, 2.75) is 19.8 Å². The Morgan fingerprint density at radius 3 is 2.91 bits per heavy atom. The maximum atomic E-state index is 3.23. The van der Waals surface area contributed by atoms with Gasteiger partial charge < -0.3 is 5.01 Å². The fourth-order valence-corrected chi connectivity index (χ4v) is 1.18. The molecular weight excluding hydrogens is 136 g/mol. The van der Waals surface area contributed by atoms with Crippen LogP contribution in [0.3, 0.4) is 0 Å². The minimum absolute atomic E-state index is 0.974. The monoisotopic (exact) mass is 152 g/mol. The SMILES string of the molecule is CCNN(C)C1=CCCC=C1. The number of hydrogen-bond acceptors (Lipinski definition) is 2. The minimum Gasteiger partial charge on any atom is -0.312 e. The van der Waals surface area contributed by atoms with E-state index in [4.69, 9.17) is 0 Å². The summed E-state index contributed by atoms with van der Waals surface area (Å²) in [4.78, 5) is 0. The Bertz CT molecular complexity index is 170. The van der Waals surface area contributed by atoms with E-state index in [0.29, 0.717) is 0 Å². The van der Waals surface area contributed by atoms with E-state index in [1.54, 1.807) is 0 Å². The van der Waals surface area contributed by atoms with Crippen LogP contribution in [0, 0.1) is 0 Å². The molecule has 0 bridgehead atoms. The van der Waals surface area contributed by atoms with Crippen molar-refractivity contribution < 1.29 is 0 Å². The lowest BCUT2D eigenvalue weighted by molar-refractivity contribution is 0.315. The molecule has 0 amide bonds. The van der Waals surface area contributed by atoms with Gasteiger partial charge in [-0.15, -0.1) is 0 Å². The number of allylic oxidation sites excluding steroid dienone is 3. The van der Waals surface area contributed by atoms with E-state index in [2.05, 4.69) is 35.6 Å². The Morgan fingerprint density at radius 1 is 1.55 bits per heavy atom. The van der Waals surface area contributed by atoms with Crippen molar-refractivity contribution in [2.24, 2.45) is 0 Å². The molecule has 1 aliphatic rings. The second-order valence-electron chi connectivity index (χ2n) is 2.68. The number of hydrazine groups is 1. The van der Waals surface area contributed by atoms with Crippen LogP contribution in [0.5, 0.6) is 0 Å². The van der Waals surface area contributed by atoms with E-state index in [9.17, 15) is 0 Å². The molecule has 0 aromatic heterocycles. The van der Waals surface area contributed by atoms with Gasteiger partial charge in [0.05, 0.1) is 0 Å². The fraction of sp³-hybridized carbons (Fsp3) is 0.556. The summed E-state index contributed by atoms with van der Waals surface area (Å²) in [5, 5.41) is 2.07. The molecule has 11 heavy (non-hydrogen) atoms. The van der Waals surface area contributed by atoms with E-state index in [0.717, 1.165) is 6.54 Å². The summed E-state index contributed by atoms with van der Waals surface area (Å²) in [6.07, 6.45) is 8.98. The Hall–Kier alpha value is -0.760. The molecule has 0 fully saturated rings. The molecule has 0 spiro atoms. The van der Waals surface area contributed by atoms with Gasteiger partial charge in [0.2, 0.25) is 0 Å². The summed E-state index contributed by atoms with van der Waals surface area (Å²) >= 11 is 0. The maximum Gasteiger partial charge on any atom is 0.0473 e. The van der Waals surface area contributed by atoms with Crippen molar-refractivity contribution in [2.75, 3.05) is 13.6 Å². The topological polar surface area (TPSA) is 15.3 Å². The summed E-state index contributed by atoms with van der Waals surface area (Å²) in [6.45, 7) is 3.07. The molecule has 2 nitrogen and oxygen atoms in total. The zero-order chi connectivity index (χ0) is 8.10. The summed E-state index contributed by atoms with van der Waals surface area (Å²) in [6, 6.07) is 0. The van der Waals surface area contributed by atoms with Crippen LogP contribution in [0.25, 0.3) is 0 Å². The van der Waals surface area contributed by atoms with Crippen molar-refractivity contribution in [1.82, 2.24) is 10.4 Å². The highest BCUT2D eigenvalue weighted by Crippen LogP contribution is 2.10. The molecule has 1 rings (SSSR count). The van der Waals surface area contributed by atoms with Crippen molar-refractivity contribution in [3.63, 3.8) is 0 Å². The molecule has 0 unspecified atom stereocenters. The molecular formula is C9H16N2. The van der Waals surface area contributed by atoms with Crippen molar-refractivity contribution in [3.05, 3.63) is 23.9 Å². The third-order valence-corrected chi connectivity index (χ3v) is 1.76. The number of nitrogens with zero attached hydrogens (tertiary/aromatic N) is 1. The lowest BCUT2D eigenvalue weighted by Gasteiger charge is -2.21. The fourth-order valence-electron chi connectivity index (χ4n) is 1.18. The molecule has 1 aliphatic carbocycles. The number of nitrogens with one attached hydrogen (secondary N) is 1. The maximum absolute atomic E-state index is 3.23. The van der Waals surface area contributed by atoms with Gasteiger partial charge in [0.15, 0.2) is 0 Å². The molecule has 0 aliphatic heterocycles. The highest BCUT2D eigenvalue weighted by Gasteiger charge is 2.00. The molecule has 62 valence electrons. The van der Waals surface area contributed by atoms with E-state index in [-0.39, 0.29) is 0 Å². The summed E-state index contributed by atoms with van der Waals surface area (Å²) in [5.74, 6) is 0. The van der Waals surface area contributed by atoms with Gasteiger partial charge in [-0.3, -0.25) is 0 Å². The van der Waals surface area contributed by atoms with Gasteiger partial charge in [-0.05, 0) is 18.9 Å². The van der Waals surface area contributed by atoms with Gasteiger partial charge in [-0.25, -0.2) is 5.43 Å². The first-order chi connectivity index (χ1) is 5.34. The second-order valence-corrected chi connectivity index (χ2v) is 2.68. The first-order valence-electron chi connectivity index (χ1n) is 4.18. The van der Waals surface area contributed by atoms with E-state index >= 15 is 0 Å². The highest BCUT2D eigenvalue weighted by molar-refractivity contribution is 5.19. The normalized spacial score (nSPS) is 16.4. The van der Waals surface area contributed by atoms with Gasteiger partial charge in [-0.2, -0.15) is 0 Å². The summed E-state index contributed by atoms with van der Waals surface area (Å²) < 4.78 is 0. The highest BCUT2D eigenvalue weighted by atomic mass is 15.5. The van der Waals surface area contributed by atoms with Crippen molar-refractivity contribution in [3.8, 4) is 0 Å². The third kappa shape index (κ3) is 2.39. The predicted octanol–water partition coefficient (Wildman–Crippen LogP) is 1.68. The van der Waals surface area contributed by atoms with Gasteiger partial charge in [0.25, 0.3) is 0 Å². The molecule has 0 saturated carbocycles. The number of hydrogen-bond donors (Lipinski definition) is 1. The molecule has 0 atom stereocenters. The number of rotatable bonds is 3. The molecule has 0 radical (unpaired) electrons. The Morgan fingerprint density at radius 2 is 2.36 bits per heavy atom. The van der Waals surface area contributed by atoms with Crippen LogP contribution in [0.15, 0.2) is 23.9 Å². The Balaban J connectivity index is 2.45. The van der Waals surface area contributed by atoms with Crippen LogP contribution < -0.4 is 5.43 Å². The number of likely N-dealkylation sites (N-methyl/N-ethyl adjacent to an activating group) is 1. The smallest absolute Gasteiger partial charge is 0.0473 e. The van der Waals surface area contributed by atoms with E-state index in [1.165, 1.54) is 18.5 Å². The lowest BCUT2D eigenvalue weighted by Crippen LogP contribution is -2.32. The standard InChI is InChI=1S/C9H16N2/c1-3-10-11(2)9-7-5-4-6-8-9/h5,7-8,10H,3-4,6H2,1-2H3. The average molecular weight is 152 g/mol. The predicted molar refractivity (Wildman–Crippen MR) is 47.9 cm³/mol. The third-order valence-electron chi connectivity index (χ3n) is 1.76. The zero-order valence-corrected chi connectivity index (χ0v) is 7.30. The molecule has 2 heteroatoms. The van der Waals surface area contributed by atoms with Crippen LogP contribution in [-0.2, 0) is 0 Å². The van der Waals surface area contributed by atoms with E-state index < -0.39 is 0 Å². The molecule has 0 aromatic rings. The first-order valence-corrected chi connectivity index (χ1v) is 4.18. The first kappa shape index (κ1) is 8.34. The second kappa shape index (κ2) is 4.19. The largest absolute Gasteiger partial charge is 0.312 e. The zero-order valence-electron chi connectivity index (χ0n) is 7.30. The molecule has 0 saturated heterocycles. The van der Waals surface area contributed by atoms with Crippen molar-refractivity contribution >= 4 is 0 Å². The Kier molecular flexibility index (Phi) is 3.17. The summed E-state index contributed by atoms with van der Waals surface area (Å²) in [5.41, 5.74) is 4.50. The van der Waals surface area contributed by atoms with E-state index in [1.807, 2.05) is 7.05 Å². The van der Waals surface area contributed by atoms with Crippen molar-refractivity contribution in [1.29, 1.82) is 0 Å². The van der Waals surface area contributed by atoms with Crippen LogP contribution >= 0.6 is 0 Å². The lowest BCUT2D eigenvalue weighted by atomic mass is 10.1. The van der Waals surface area contributed by atoms with Gasteiger partial charge in [0, 0.05) is 19.3 Å². The quantitative estimate of drug-likeness (QED) is 0.619. The van der Waals surface area contributed by atoms with Crippen LogP contribution in [0.2, 0.25) is 0 Å². The minimum atomic E-state index is 0.974. The Labute approximate surface area is 68.6 Å². The average Bonchev–Trinajstić information content (AvgIpc) is 2.07.